The summed E-state index contributed by atoms with van der Waals surface area (Å²) in [6.45, 7) is 2.97. The van der Waals surface area contributed by atoms with Crippen molar-refractivity contribution in [3.8, 4) is 0 Å². The van der Waals surface area contributed by atoms with Gasteiger partial charge in [0.25, 0.3) is 0 Å². The maximum absolute atomic E-state index is 5.48. The summed E-state index contributed by atoms with van der Waals surface area (Å²) in [5, 5.41) is 0. The smallest absolute Gasteiger partial charge is 0.0575 e. The normalized spacial score (nSPS) is 20.1. The fourth-order valence-electron chi connectivity index (χ4n) is 1.47. The molecule has 0 atom stereocenters. The van der Waals surface area contributed by atoms with E-state index < -0.39 is 0 Å². The van der Waals surface area contributed by atoms with Gasteiger partial charge in [0.1, 0.15) is 0 Å². The van der Waals surface area contributed by atoms with E-state index in [1.165, 1.54) is 32.1 Å². The van der Waals surface area contributed by atoms with Gasteiger partial charge >= 0.3 is 0 Å². The van der Waals surface area contributed by atoms with Crippen molar-refractivity contribution in [1.82, 2.24) is 0 Å². The first-order valence-electron chi connectivity index (χ1n) is 4.05. The predicted octanol–water partition coefficient (Wildman–Crippen LogP) is 2.44. The second-order valence-electron chi connectivity index (χ2n) is 2.72. The zero-order chi connectivity index (χ0) is 6.53. The molecule has 4 radical (unpaired) electrons. The summed E-state index contributed by atoms with van der Waals surface area (Å²) in [4.78, 5) is 0. The highest BCUT2D eigenvalue weighted by Gasteiger charge is 2.11. The third-order valence-corrected chi connectivity index (χ3v) is 1.95. The van der Waals surface area contributed by atoms with Gasteiger partial charge in [0.05, 0.1) is 6.10 Å². The van der Waals surface area contributed by atoms with Crippen LogP contribution in [0.4, 0.5) is 0 Å². The summed E-state index contributed by atoms with van der Waals surface area (Å²) in [7, 11) is 0. The third-order valence-electron chi connectivity index (χ3n) is 1.95. The van der Waals surface area contributed by atoms with Crippen LogP contribution in [-0.2, 0) is 4.74 Å². The van der Waals surface area contributed by atoms with Gasteiger partial charge in [-0.15, -0.1) is 0 Å². The quantitative estimate of drug-likeness (QED) is 0.572. The van der Waals surface area contributed by atoms with Gasteiger partial charge in [0.2, 0.25) is 0 Å². The highest BCUT2D eigenvalue weighted by molar-refractivity contribution is 4.64. The van der Waals surface area contributed by atoms with Gasteiger partial charge < -0.3 is 4.74 Å². The molecule has 0 unspecified atom stereocenters. The van der Waals surface area contributed by atoms with Crippen LogP contribution in [0.15, 0.2) is 0 Å². The molecule has 0 aromatic rings. The fourth-order valence-corrected chi connectivity index (χ4v) is 1.47. The second kappa shape index (κ2) is 5.72. The summed E-state index contributed by atoms with van der Waals surface area (Å²) in [6, 6.07) is 0. The molecule has 1 aliphatic carbocycles. The topological polar surface area (TPSA) is 9.23 Å². The maximum atomic E-state index is 5.48. The lowest BCUT2D eigenvalue weighted by molar-refractivity contribution is 0.0368. The summed E-state index contributed by atoms with van der Waals surface area (Å²) < 4.78 is 5.48. The minimum Gasteiger partial charge on any atom is -0.379 e. The Balaban J connectivity index is 0.000000810. The largest absolute Gasteiger partial charge is 0.379 e. The van der Waals surface area contributed by atoms with Crippen LogP contribution >= 0.6 is 0 Å². The van der Waals surface area contributed by atoms with Crippen molar-refractivity contribution in [2.75, 3.05) is 6.61 Å². The SMILES string of the molecule is CCOC1CCCCC1.[C]. The first kappa shape index (κ1) is 9.96. The Bertz CT molecular complexity index is 62.4. The Kier molecular flexibility index (Phi) is 5.70. The number of hydrogen-bond acceptors (Lipinski definition) is 1. The fraction of sp³-hybridized carbons (Fsp3) is 0.889. The molecule has 0 bridgehead atoms. The molecular weight excluding hydrogens is 124 g/mol. The van der Waals surface area contributed by atoms with Crippen LogP contribution in [0, 0.1) is 7.43 Å². The van der Waals surface area contributed by atoms with Gasteiger partial charge in [-0.2, -0.15) is 0 Å². The third kappa shape index (κ3) is 3.21. The highest BCUT2D eigenvalue weighted by Crippen LogP contribution is 2.19. The Labute approximate surface area is 64.8 Å². The van der Waals surface area contributed by atoms with Gasteiger partial charge in [-0.3, -0.25) is 0 Å². The van der Waals surface area contributed by atoms with Crippen LogP contribution in [-0.4, -0.2) is 12.7 Å². The van der Waals surface area contributed by atoms with Crippen molar-refractivity contribution in [2.45, 2.75) is 45.1 Å². The minimum absolute atomic E-state index is 0. The van der Waals surface area contributed by atoms with E-state index in [0.29, 0.717) is 6.10 Å². The van der Waals surface area contributed by atoms with E-state index in [-0.39, 0.29) is 7.43 Å². The standard InChI is InChI=1S/C8H16O.C/c1-2-9-8-6-4-3-5-7-8;/h8H,2-7H2,1H3;. The van der Waals surface area contributed by atoms with E-state index in [9.17, 15) is 0 Å². The summed E-state index contributed by atoms with van der Waals surface area (Å²) in [5.74, 6) is 0. The Morgan fingerprint density at radius 3 is 2.30 bits per heavy atom. The summed E-state index contributed by atoms with van der Waals surface area (Å²) >= 11 is 0. The molecule has 10 heavy (non-hydrogen) atoms. The minimum atomic E-state index is 0. The monoisotopic (exact) mass is 140 g/mol. The molecule has 1 rings (SSSR count). The van der Waals surface area contributed by atoms with Gasteiger partial charge in [-0.1, -0.05) is 19.3 Å². The van der Waals surface area contributed by atoms with Crippen LogP contribution in [0.3, 0.4) is 0 Å². The van der Waals surface area contributed by atoms with E-state index in [4.69, 9.17) is 4.74 Å². The van der Waals surface area contributed by atoms with Crippen molar-refractivity contribution in [1.29, 1.82) is 0 Å². The second-order valence-corrected chi connectivity index (χ2v) is 2.72. The van der Waals surface area contributed by atoms with Crippen LogP contribution in [0.1, 0.15) is 39.0 Å². The van der Waals surface area contributed by atoms with Crippen LogP contribution in [0.5, 0.6) is 0 Å². The molecule has 1 heteroatoms. The average Bonchev–Trinajstić information content (AvgIpc) is 1.91. The average molecular weight is 140 g/mol. The van der Waals surface area contributed by atoms with Crippen molar-refractivity contribution in [2.24, 2.45) is 0 Å². The lowest BCUT2D eigenvalue weighted by Crippen LogP contribution is -2.15. The summed E-state index contributed by atoms with van der Waals surface area (Å²) in [5.41, 5.74) is 0. The first-order valence-corrected chi connectivity index (χ1v) is 4.05. The van der Waals surface area contributed by atoms with E-state index in [0.717, 1.165) is 6.61 Å². The molecule has 0 amide bonds. The molecule has 58 valence electrons. The lowest BCUT2D eigenvalue weighted by Gasteiger charge is -2.20. The maximum Gasteiger partial charge on any atom is 0.0575 e. The molecular formula is C9H16O. The van der Waals surface area contributed by atoms with E-state index in [1.807, 2.05) is 0 Å². The molecule has 1 nitrogen and oxygen atoms in total. The molecule has 0 saturated heterocycles. The number of rotatable bonds is 2. The molecule has 1 saturated carbocycles. The van der Waals surface area contributed by atoms with Crippen LogP contribution in [0.25, 0.3) is 0 Å². The van der Waals surface area contributed by atoms with Crippen LogP contribution in [0.2, 0.25) is 0 Å². The Hall–Kier alpha value is -0.0400. The summed E-state index contributed by atoms with van der Waals surface area (Å²) in [6.07, 6.45) is 7.38. The van der Waals surface area contributed by atoms with Gasteiger partial charge in [-0.05, 0) is 19.8 Å². The van der Waals surface area contributed by atoms with Crippen LogP contribution < -0.4 is 0 Å². The molecule has 0 aromatic carbocycles. The van der Waals surface area contributed by atoms with Crippen molar-refractivity contribution in [3.63, 3.8) is 0 Å². The number of hydrogen-bond donors (Lipinski definition) is 0. The van der Waals surface area contributed by atoms with Crippen molar-refractivity contribution >= 4 is 0 Å². The van der Waals surface area contributed by atoms with E-state index in [2.05, 4.69) is 6.92 Å². The van der Waals surface area contributed by atoms with E-state index in [1.54, 1.807) is 0 Å². The molecule has 1 aliphatic rings. The Morgan fingerprint density at radius 1 is 1.20 bits per heavy atom. The molecule has 1 fully saturated rings. The molecule has 0 aromatic heterocycles. The van der Waals surface area contributed by atoms with Gasteiger partial charge in [0.15, 0.2) is 0 Å². The van der Waals surface area contributed by atoms with Crippen molar-refractivity contribution in [3.05, 3.63) is 7.43 Å². The lowest BCUT2D eigenvalue weighted by atomic mass is 9.98. The molecule has 0 heterocycles. The highest BCUT2D eigenvalue weighted by atomic mass is 16.5. The zero-order valence-electron chi connectivity index (χ0n) is 6.73. The van der Waals surface area contributed by atoms with Gasteiger partial charge in [0, 0.05) is 14.0 Å². The molecule has 0 spiro atoms. The number of ether oxygens (including phenoxy) is 1. The molecule has 0 N–H and O–H groups in total. The first-order chi connectivity index (χ1) is 4.43. The molecule has 0 aliphatic heterocycles. The predicted molar refractivity (Wildman–Crippen MR) is 41.7 cm³/mol. The van der Waals surface area contributed by atoms with Crippen molar-refractivity contribution < 1.29 is 4.74 Å². The van der Waals surface area contributed by atoms with E-state index >= 15 is 0 Å². The Morgan fingerprint density at radius 2 is 1.80 bits per heavy atom. The zero-order valence-corrected chi connectivity index (χ0v) is 6.73. The van der Waals surface area contributed by atoms with Gasteiger partial charge in [-0.25, -0.2) is 0 Å².